The molecule has 1 saturated heterocycles. The zero-order valence-corrected chi connectivity index (χ0v) is 20.6. The van der Waals surface area contributed by atoms with Gasteiger partial charge in [0, 0.05) is 42.9 Å². The number of ether oxygens (including phenoxy) is 1. The van der Waals surface area contributed by atoms with Crippen LogP contribution in [0, 0.1) is 0 Å². The van der Waals surface area contributed by atoms with E-state index in [1.54, 1.807) is 30.3 Å². The number of imidazole rings is 1. The van der Waals surface area contributed by atoms with Gasteiger partial charge in [-0.3, -0.25) is 9.78 Å². The van der Waals surface area contributed by atoms with Crippen molar-refractivity contribution in [3.63, 3.8) is 0 Å². The van der Waals surface area contributed by atoms with Crippen LogP contribution in [0.4, 0.5) is 8.78 Å². The Balaban J connectivity index is 1.35. The Morgan fingerprint density at radius 1 is 1.16 bits per heavy atom. The second-order valence-corrected chi connectivity index (χ2v) is 10.2. The highest BCUT2D eigenvalue weighted by Gasteiger charge is 2.45. The summed E-state index contributed by atoms with van der Waals surface area (Å²) in [5.74, 6) is 0.492. The van der Waals surface area contributed by atoms with E-state index in [1.807, 2.05) is 30.3 Å². The average Bonchev–Trinajstić information content (AvgIpc) is 3.60. The molecular formula is C28H25F2N5O3. The van der Waals surface area contributed by atoms with Gasteiger partial charge in [-0.1, -0.05) is 18.2 Å². The third kappa shape index (κ3) is 3.36. The van der Waals surface area contributed by atoms with E-state index in [-0.39, 0.29) is 17.7 Å². The van der Waals surface area contributed by atoms with Crippen LogP contribution in [0.1, 0.15) is 52.4 Å². The number of rotatable bonds is 4. The van der Waals surface area contributed by atoms with Crippen molar-refractivity contribution in [2.45, 2.75) is 37.1 Å². The molecule has 194 valence electrons. The number of benzene rings is 2. The SMILES string of the molecule is CN1C(=O)c2cccc(OC(F)F)c2[C@H]2C[C@@H]1c1nc3ccc(-c4ccc(C5(O)CCNC5)nc4)cc3n12. The van der Waals surface area contributed by atoms with Gasteiger partial charge in [0.15, 0.2) is 0 Å². The minimum absolute atomic E-state index is 0.00915. The normalized spacial score (nSPS) is 24.1. The Morgan fingerprint density at radius 3 is 2.74 bits per heavy atom. The molecule has 2 aromatic carbocycles. The fourth-order valence-corrected chi connectivity index (χ4v) is 6.20. The predicted octanol–water partition coefficient (Wildman–Crippen LogP) is 4.00. The Morgan fingerprint density at radius 2 is 2.00 bits per heavy atom. The van der Waals surface area contributed by atoms with Crippen molar-refractivity contribution in [2.24, 2.45) is 0 Å². The van der Waals surface area contributed by atoms with Crippen LogP contribution in [0.5, 0.6) is 5.75 Å². The number of alkyl halides is 2. The number of fused-ring (bicyclic) bond motifs is 9. The third-order valence-electron chi connectivity index (χ3n) is 8.11. The van der Waals surface area contributed by atoms with E-state index >= 15 is 0 Å². The number of aromatic nitrogens is 3. The van der Waals surface area contributed by atoms with Gasteiger partial charge in [-0.2, -0.15) is 8.78 Å². The van der Waals surface area contributed by atoms with Gasteiger partial charge in [0.25, 0.3) is 5.91 Å². The first-order valence-electron chi connectivity index (χ1n) is 12.6. The predicted molar refractivity (Wildman–Crippen MR) is 135 cm³/mol. The molecule has 0 spiro atoms. The highest BCUT2D eigenvalue weighted by atomic mass is 19.3. The van der Waals surface area contributed by atoms with E-state index in [0.29, 0.717) is 36.2 Å². The molecule has 1 fully saturated rings. The maximum atomic E-state index is 13.3. The monoisotopic (exact) mass is 517 g/mol. The largest absolute Gasteiger partial charge is 0.434 e. The minimum Gasteiger partial charge on any atom is -0.434 e. The molecule has 2 bridgehead atoms. The number of carbonyl (C=O) groups excluding carboxylic acids is 1. The third-order valence-corrected chi connectivity index (χ3v) is 8.11. The standard InChI is InChI=1S/C28H25F2N5O3/c1-34-21-12-20(24-17(26(34)36)3-2-4-22(24)38-27(29)30)35-19-11-15(5-7-18(19)33-25(21)35)16-6-8-23(32-13-16)28(37)9-10-31-14-28/h2-8,11,13,20-21,27,31,37H,9-10,12,14H2,1H3/t20-,21-,28?/m1/s1. The lowest BCUT2D eigenvalue weighted by atomic mass is 9.96. The van der Waals surface area contributed by atoms with Crippen LogP contribution in [-0.2, 0) is 5.60 Å². The molecule has 7 rings (SSSR count). The van der Waals surface area contributed by atoms with Crippen molar-refractivity contribution in [1.82, 2.24) is 24.8 Å². The van der Waals surface area contributed by atoms with E-state index < -0.39 is 18.3 Å². The van der Waals surface area contributed by atoms with Gasteiger partial charge < -0.3 is 24.6 Å². The average molecular weight is 518 g/mol. The Labute approximate surface area is 216 Å². The molecule has 8 nitrogen and oxygen atoms in total. The van der Waals surface area contributed by atoms with E-state index in [0.717, 1.165) is 34.5 Å². The molecule has 0 saturated carbocycles. The summed E-state index contributed by atoms with van der Waals surface area (Å²) in [5, 5.41) is 14.0. The van der Waals surface area contributed by atoms with E-state index in [4.69, 9.17) is 9.72 Å². The lowest BCUT2D eigenvalue weighted by Crippen LogP contribution is -2.30. The molecule has 2 aromatic heterocycles. The van der Waals surface area contributed by atoms with Gasteiger partial charge in [-0.05, 0) is 48.9 Å². The van der Waals surface area contributed by atoms with Crippen molar-refractivity contribution in [2.75, 3.05) is 20.1 Å². The maximum absolute atomic E-state index is 13.3. The molecular weight excluding hydrogens is 492 g/mol. The van der Waals surface area contributed by atoms with Crippen molar-refractivity contribution >= 4 is 16.9 Å². The number of hydrogen-bond donors (Lipinski definition) is 2. The molecule has 3 aliphatic heterocycles. The number of aliphatic hydroxyl groups is 1. The Bertz CT molecular complexity index is 1580. The summed E-state index contributed by atoms with van der Waals surface area (Å²) in [6, 6.07) is 13.7. The summed E-state index contributed by atoms with van der Waals surface area (Å²) in [4.78, 5) is 24.4. The van der Waals surface area contributed by atoms with Gasteiger partial charge in [-0.15, -0.1) is 0 Å². The summed E-state index contributed by atoms with van der Waals surface area (Å²) in [5.41, 5.74) is 3.89. The second kappa shape index (κ2) is 8.31. The van der Waals surface area contributed by atoms with E-state index in [9.17, 15) is 18.7 Å². The number of carbonyl (C=O) groups is 1. The van der Waals surface area contributed by atoms with Gasteiger partial charge in [0.1, 0.15) is 17.2 Å². The summed E-state index contributed by atoms with van der Waals surface area (Å²) in [6.07, 6.45) is 2.89. The molecule has 38 heavy (non-hydrogen) atoms. The fraction of sp³-hybridized carbons (Fsp3) is 0.321. The molecule has 3 aliphatic rings. The molecule has 4 aromatic rings. The van der Waals surface area contributed by atoms with Crippen LogP contribution in [-0.4, -0.2) is 57.2 Å². The van der Waals surface area contributed by atoms with Crippen LogP contribution in [0.2, 0.25) is 0 Å². The molecule has 0 radical (unpaired) electrons. The number of β-amino-alcohol motifs (C(OH)–C–C–N with tert-alkyl or cyclic N) is 1. The smallest absolute Gasteiger partial charge is 0.387 e. The lowest BCUT2D eigenvalue weighted by Gasteiger charge is -2.24. The Hall–Kier alpha value is -3.89. The molecule has 10 heteroatoms. The van der Waals surface area contributed by atoms with E-state index in [1.165, 1.54) is 6.07 Å². The van der Waals surface area contributed by atoms with Gasteiger partial charge in [0.05, 0.1) is 28.8 Å². The summed E-state index contributed by atoms with van der Waals surface area (Å²) >= 11 is 0. The van der Waals surface area contributed by atoms with Crippen molar-refractivity contribution < 1.29 is 23.4 Å². The topological polar surface area (TPSA) is 92.5 Å². The molecule has 1 unspecified atom stereocenters. The second-order valence-electron chi connectivity index (χ2n) is 10.2. The van der Waals surface area contributed by atoms with Crippen LogP contribution < -0.4 is 10.1 Å². The van der Waals surface area contributed by atoms with Crippen LogP contribution in [0.15, 0.2) is 54.7 Å². The van der Waals surface area contributed by atoms with Gasteiger partial charge in [-0.25, -0.2) is 4.98 Å². The van der Waals surface area contributed by atoms with Crippen LogP contribution in [0.25, 0.3) is 22.2 Å². The first-order valence-corrected chi connectivity index (χ1v) is 12.6. The fourth-order valence-electron chi connectivity index (χ4n) is 6.20. The number of nitrogens with one attached hydrogen (secondary N) is 1. The zero-order valence-electron chi connectivity index (χ0n) is 20.6. The number of halogens is 2. The summed E-state index contributed by atoms with van der Waals surface area (Å²) in [6.45, 7) is -1.78. The summed E-state index contributed by atoms with van der Waals surface area (Å²) < 4.78 is 33.6. The molecule has 1 amide bonds. The number of nitrogens with zero attached hydrogens (tertiary/aromatic N) is 4. The Kier molecular flexibility index (Phi) is 5.08. The molecule has 5 heterocycles. The van der Waals surface area contributed by atoms with Crippen LogP contribution in [0.3, 0.4) is 0 Å². The quantitative estimate of drug-likeness (QED) is 0.425. The van der Waals surface area contributed by atoms with Gasteiger partial charge in [0.2, 0.25) is 0 Å². The molecule has 3 atom stereocenters. The first kappa shape index (κ1) is 23.2. The lowest BCUT2D eigenvalue weighted by molar-refractivity contribution is -0.0507. The van der Waals surface area contributed by atoms with Gasteiger partial charge >= 0.3 is 6.61 Å². The van der Waals surface area contributed by atoms with Crippen molar-refractivity contribution in [1.29, 1.82) is 0 Å². The zero-order chi connectivity index (χ0) is 26.2. The first-order chi connectivity index (χ1) is 18.3. The highest BCUT2D eigenvalue weighted by Crippen LogP contribution is 2.50. The number of hydrogen-bond acceptors (Lipinski definition) is 6. The molecule has 2 N–H and O–H groups in total. The van der Waals surface area contributed by atoms with Crippen LogP contribution >= 0.6 is 0 Å². The molecule has 0 aliphatic carbocycles. The maximum Gasteiger partial charge on any atom is 0.387 e. The van der Waals surface area contributed by atoms with Crippen molar-refractivity contribution in [3.05, 3.63) is 77.4 Å². The van der Waals surface area contributed by atoms with E-state index in [2.05, 4.69) is 14.9 Å². The highest BCUT2D eigenvalue weighted by molar-refractivity contribution is 5.98. The summed E-state index contributed by atoms with van der Waals surface area (Å²) in [7, 11) is 1.72. The number of pyridine rings is 1. The number of amides is 1. The van der Waals surface area contributed by atoms with Crippen molar-refractivity contribution in [3.8, 4) is 16.9 Å². The minimum atomic E-state index is -3.01.